The molecule has 1 aromatic heterocycles. The third-order valence-electron chi connectivity index (χ3n) is 5.09. The third-order valence-corrected chi connectivity index (χ3v) is 7.52. The van der Waals surface area contributed by atoms with E-state index in [1.807, 2.05) is 12.1 Å². The quantitative estimate of drug-likeness (QED) is 0.602. The van der Waals surface area contributed by atoms with Gasteiger partial charge in [-0.25, -0.2) is 8.42 Å². The Kier molecular flexibility index (Phi) is 7.66. The number of methoxy groups -OCH3 is 1. The van der Waals surface area contributed by atoms with Gasteiger partial charge in [0.2, 0.25) is 5.91 Å². The van der Waals surface area contributed by atoms with Gasteiger partial charge in [-0.1, -0.05) is 36.7 Å². The smallest absolute Gasteiger partial charge is 0.263 e. The summed E-state index contributed by atoms with van der Waals surface area (Å²) in [5.74, 6) is -2.21. The zero-order chi connectivity index (χ0) is 22.4. The van der Waals surface area contributed by atoms with E-state index in [9.17, 15) is 18.0 Å². The standard InChI is InChI=1S/C21H27N3O5S2/c1-3-11-24-17-10-9-16(29-2)12-18(17)30-21(24)23-20(26)14-31(27,28)13-19(25)22-15-7-5-4-6-8-15/h3,9-10,12,15H,1,4-8,11,13-14H2,2H3,(H,22,25). The Labute approximate surface area is 185 Å². The van der Waals surface area contributed by atoms with Crippen molar-refractivity contribution >= 4 is 43.2 Å². The summed E-state index contributed by atoms with van der Waals surface area (Å²) in [5, 5.41) is 2.77. The number of thiazole rings is 1. The first kappa shape index (κ1) is 23.2. The van der Waals surface area contributed by atoms with Crippen LogP contribution in [0.2, 0.25) is 0 Å². The minimum Gasteiger partial charge on any atom is -0.497 e. The number of carbonyl (C=O) groups is 2. The molecular weight excluding hydrogens is 438 g/mol. The number of hydrogen-bond acceptors (Lipinski definition) is 6. The highest BCUT2D eigenvalue weighted by molar-refractivity contribution is 7.92. The fourth-order valence-electron chi connectivity index (χ4n) is 3.67. The van der Waals surface area contributed by atoms with E-state index < -0.39 is 33.2 Å². The van der Waals surface area contributed by atoms with E-state index >= 15 is 0 Å². The lowest BCUT2D eigenvalue weighted by Crippen LogP contribution is -2.40. The molecule has 1 N–H and O–H groups in total. The van der Waals surface area contributed by atoms with Crippen LogP contribution in [-0.2, 0) is 26.0 Å². The molecule has 10 heteroatoms. The molecule has 0 aliphatic heterocycles. The molecule has 1 aliphatic rings. The molecule has 3 rings (SSSR count). The number of rotatable bonds is 8. The fraction of sp³-hybridized carbons (Fsp3) is 0.476. The van der Waals surface area contributed by atoms with Crippen molar-refractivity contribution in [2.75, 3.05) is 18.6 Å². The van der Waals surface area contributed by atoms with Gasteiger partial charge in [-0.05, 0) is 31.0 Å². The Bertz CT molecular complexity index is 1140. The van der Waals surface area contributed by atoms with Crippen LogP contribution in [0.25, 0.3) is 10.2 Å². The van der Waals surface area contributed by atoms with Crippen molar-refractivity contribution in [3.05, 3.63) is 35.7 Å². The normalized spacial score (nSPS) is 15.7. The second-order valence-corrected chi connectivity index (χ2v) is 10.6. The first-order valence-electron chi connectivity index (χ1n) is 10.2. The first-order valence-corrected chi connectivity index (χ1v) is 12.8. The Hall–Kier alpha value is -2.46. The lowest BCUT2D eigenvalue weighted by Gasteiger charge is -2.22. The van der Waals surface area contributed by atoms with Crippen LogP contribution in [0.15, 0.2) is 35.8 Å². The maximum absolute atomic E-state index is 12.4. The van der Waals surface area contributed by atoms with Crippen molar-refractivity contribution < 1.29 is 22.7 Å². The number of carbonyl (C=O) groups excluding carboxylic acids is 2. The van der Waals surface area contributed by atoms with Crippen LogP contribution in [0.1, 0.15) is 32.1 Å². The summed E-state index contributed by atoms with van der Waals surface area (Å²) in [6.07, 6.45) is 6.59. The molecule has 8 nitrogen and oxygen atoms in total. The van der Waals surface area contributed by atoms with Gasteiger partial charge in [0.15, 0.2) is 14.6 Å². The number of amides is 2. The van der Waals surface area contributed by atoms with Crippen LogP contribution < -0.4 is 14.9 Å². The van der Waals surface area contributed by atoms with Gasteiger partial charge < -0.3 is 14.6 Å². The van der Waals surface area contributed by atoms with Crippen LogP contribution in [0.4, 0.5) is 0 Å². The number of benzene rings is 1. The van der Waals surface area contributed by atoms with Gasteiger partial charge in [0, 0.05) is 12.6 Å². The summed E-state index contributed by atoms with van der Waals surface area (Å²) >= 11 is 1.26. The van der Waals surface area contributed by atoms with Gasteiger partial charge in [0.05, 0.1) is 17.3 Å². The minimum absolute atomic E-state index is 0.0187. The molecule has 0 atom stereocenters. The van der Waals surface area contributed by atoms with Crippen LogP contribution in [0.5, 0.6) is 5.75 Å². The molecule has 2 aromatic rings. The van der Waals surface area contributed by atoms with Gasteiger partial charge >= 0.3 is 0 Å². The largest absolute Gasteiger partial charge is 0.497 e. The van der Waals surface area contributed by atoms with E-state index in [2.05, 4.69) is 16.9 Å². The van der Waals surface area contributed by atoms with E-state index in [0.717, 1.165) is 42.3 Å². The summed E-state index contributed by atoms with van der Waals surface area (Å²) in [7, 11) is -2.35. The Morgan fingerprint density at radius 2 is 2.03 bits per heavy atom. The molecular formula is C21H27N3O5S2. The highest BCUT2D eigenvalue weighted by atomic mass is 32.2. The van der Waals surface area contributed by atoms with Gasteiger partial charge in [-0.15, -0.1) is 6.58 Å². The van der Waals surface area contributed by atoms with E-state index in [-0.39, 0.29) is 6.04 Å². The van der Waals surface area contributed by atoms with Crippen molar-refractivity contribution in [1.29, 1.82) is 0 Å². The van der Waals surface area contributed by atoms with Crippen molar-refractivity contribution in [3.63, 3.8) is 0 Å². The molecule has 0 saturated heterocycles. The molecule has 1 saturated carbocycles. The van der Waals surface area contributed by atoms with Crippen molar-refractivity contribution in [2.45, 2.75) is 44.7 Å². The number of nitrogens with one attached hydrogen (secondary N) is 1. The predicted octanol–water partition coefficient (Wildman–Crippen LogP) is 2.19. The molecule has 2 amide bonds. The second kappa shape index (κ2) is 10.2. The van der Waals surface area contributed by atoms with Gasteiger partial charge in [0.25, 0.3) is 5.91 Å². The number of nitrogens with zero attached hydrogens (tertiary/aromatic N) is 2. The number of sulfone groups is 1. The molecule has 0 unspecified atom stereocenters. The third kappa shape index (κ3) is 6.27. The molecule has 1 aliphatic carbocycles. The lowest BCUT2D eigenvalue weighted by atomic mass is 9.95. The second-order valence-electron chi connectivity index (χ2n) is 7.56. The maximum Gasteiger partial charge on any atom is 0.263 e. The molecule has 168 valence electrons. The molecule has 31 heavy (non-hydrogen) atoms. The predicted molar refractivity (Wildman–Crippen MR) is 121 cm³/mol. The van der Waals surface area contributed by atoms with Gasteiger partial charge in [-0.2, -0.15) is 4.99 Å². The van der Waals surface area contributed by atoms with E-state index in [4.69, 9.17) is 4.74 Å². The number of aromatic nitrogens is 1. The topological polar surface area (TPSA) is 107 Å². The zero-order valence-electron chi connectivity index (χ0n) is 17.5. The molecule has 1 fully saturated rings. The number of ether oxygens (including phenoxy) is 1. The number of hydrogen-bond donors (Lipinski definition) is 1. The average molecular weight is 466 g/mol. The number of fused-ring (bicyclic) bond motifs is 1. The van der Waals surface area contributed by atoms with E-state index in [0.29, 0.717) is 17.1 Å². The van der Waals surface area contributed by atoms with Crippen molar-refractivity contribution in [2.24, 2.45) is 4.99 Å². The summed E-state index contributed by atoms with van der Waals surface area (Å²) in [5.41, 5.74) is 0.840. The molecule has 1 aromatic carbocycles. The lowest BCUT2D eigenvalue weighted by molar-refractivity contribution is -0.119. The van der Waals surface area contributed by atoms with E-state index in [1.54, 1.807) is 23.8 Å². The summed E-state index contributed by atoms with van der Waals surface area (Å²) in [6, 6.07) is 5.50. The Morgan fingerprint density at radius 3 is 2.71 bits per heavy atom. The molecule has 0 radical (unpaired) electrons. The summed E-state index contributed by atoms with van der Waals surface area (Å²) < 4.78 is 32.6. The Balaban J connectivity index is 1.74. The highest BCUT2D eigenvalue weighted by Crippen LogP contribution is 2.23. The van der Waals surface area contributed by atoms with Crippen LogP contribution in [0, 0.1) is 0 Å². The average Bonchev–Trinajstić information content (AvgIpc) is 3.04. The Morgan fingerprint density at radius 1 is 1.29 bits per heavy atom. The van der Waals surface area contributed by atoms with Gasteiger partial charge in [0.1, 0.15) is 17.3 Å². The van der Waals surface area contributed by atoms with Crippen LogP contribution in [0.3, 0.4) is 0 Å². The highest BCUT2D eigenvalue weighted by Gasteiger charge is 2.23. The first-order chi connectivity index (χ1) is 14.8. The van der Waals surface area contributed by atoms with Crippen LogP contribution in [-0.4, -0.2) is 49.5 Å². The fourth-order valence-corrected chi connectivity index (χ4v) is 5.78. The molecule has 0 spiro atoms. The van der Waals surface area contributed by atoms with Gasteiger partial charge in [-0.3, -0.25) is 9.59 Å². The monoisotopic (exact) mass is 465 g/mol. The maximum atomic E-state index is 12.4. The zero-order valence-corrected chi connectivity index (χ0v) is 19.1. The molecule has 1 heterocycles. The SMILES string of the molecule is C=CCn1c(=NC(=O)CS(=O)(=O)CC(=O)NC2CCCCC2)sc2cc(OC)ccc21. The summed E-state index contributed by atoms with van der Waals surface area (Å²) in [6.45, 7) is 4.14. The number of allylic oxidation sites excluding steroid dienone is 1. The van der Waals surface area contributed by atoms with Crippen LogP contribution >= 0.6 is 11.3 Å². The van der Waals surface area contributed by atoms with E-state index in [1.165, 1.54) is 11.3 Å². The van der Waals surface area contributed by atoms with Crippen molar-refractivity contribution in [1.82, 2.24) is 9.88 Å². The minimum atomic E-state index is -3.92. The summed E-state index contributed by atoms with van der Waals surface area (Å²) in [4.78, 5) is 28.9. The molecule has 0 bridgehead atoms. The van der Waals surface area contributed by atoms with Crippen molar-refractivity contribution in [3.8, 4) is 5.75 Å².